The molecule has 1 fully saturated rings. The zero-order chi connectivity index (χ0) is 17.6. The molecule has 1 aromatic carbocycles. The molecule has 0 bridgehead atoms. The molecule has 1 aliphatic rings. The number of carbonyl (C=O) groups is 2. The van der Waals surface area contributed by atoms with Crippen molar-refractivity contribution in [3.8, 4) is 0 Å². The molecule has 3 rings (SSSR count). The minimum Gasteiger partial charge on any atom is -0.369 e. The topological polar surface area (TPSA) is 52.6 Å². The second-order valence-electron chi connectivity index (χ2n) is 6.29. The number of piperazine rings is 1. The monoisotopic (exact) mass is 357 g/mol. The van der Waals surface area contributed by atoms with Crippen LogP contribution in [0.1, 0.15) is 22.5 Å². The van der Waals surface area contributed by atoms with E-state index in [0.717, 1.165) is 31.9 Å². The Hall–Kier alpha value is -2.18. The molecule has 6 heteroatoms. The number of nitrogens with zero attached hydrogens (tertiary/aromatic N) is 2. The van der Waals surface area contributed by atoms with Gasteiger partial charge in [-0.25, -0.2) is 0 Å². The molecule has 1 aromatic heterocycles. The highest BCUT2D eigenvalue weighted by Gasteiger charge is 2.14. The van der Waals surface area contributed by atoms with Crippen molar-refractivity contribution in [3.05, 3.63) is 46.7 Å². The van der Waals surface area contributed by atoms with Crippen LogP contribution in [0.3, 0.4) is 0 Å². The Morgan fingerprint density at radius 3 is 2.40 bits per heavy atom. The second-order valence-corrected chi connectivity index (χ2v) is 7.23. The van der Waals surface area contributed by atoms with Crippen molar-refractivity contribution < 1.29 is 9.59 Å². The fraction of sp³-hybridized carbons (Fsp3) is 0.368. The van der Waals surface area contributed by atoms with Gasteiger partial charge in [0.2, 0.25) is 5.91 Å². The van der Waals surface area contributed by atoms with Crippen LogP contribution in [0.25, 0.3) is 0 Å². The molecular formula is C19H23N3O2S. The Labute approximate surface area is 152 Å². The fourth-order valence-corrected chi connectivity index (χ4v) is 3.53. The first-order valence-electron chi connectivity index (χ1n) is 8.52. The summed E-state index contributed by atoms with van der Waals surface area (Å²) in [6.45, 7) is 4.17. The normalized spacial score (nSPS) is 15.2. The first-order chi connectivity index (χ1) is 12.1. The Morgan fingerprint density at radius 2 is 1.76 bits per heavy atom. The van der Waals surface area contributed by atoms with Crippen LogP contribution >= 0.6 is 11.3 Å². The van der Waals surface area contributed by atoms with Gasteiger partial charge in [0.05, 0.1) is 4.88 Å². The first kappa shape index (κ1) is 17.6. The summed E-state index contributed by atoms with van der Waals surface area (Å²) in [7, 11) is 2.14. The molecule has 0 unspecified atom stereocenters. The molecule has 0 aliphatic carbocycles. The molecule has 0 atom stereocenters. The van der Waals surface area contributed by atoms with E-state index < -0.39 is 0 Å². The third-order valence-corrected chi connectivity index (χ3v) is 5.31. The number of nitrogens with one attached hydrogen (secondary N) is 1. The minimum absolute atomic E-state index is 0.0237. The number of thiophene rings is 1. The van der Waals surface area contributed by atoms with Crippen molar-refractivity contribution in [1.29, 1.82) is 0 Å². The van der Waals surface area contributed by atoms with E-state index in [9.17, 15) is 9.59 Å². The first-order valence-corrected chi connectivity index (χ1v) is 9.40. The fourth-order valence-electron chi connectivity index (χ4n) is 2.83. The van der Waals surface area contributed by atoms with Crippen LogP contribution in [0.4, 0.5) is 11.4 Å². The highest BCUT2D eigenvalue weighted by atomic mass is 32.1. The maximum atomic E-state index is 12.0. The van der Waals surface area contributed by atoms with Crippen LogP contribution in [-0.2, 0) is 4.79 Å². The van der Waals surface area contributed by atoms with Crippen LogP contribution in [0.2, 0.25) is 0 Å². The van der Waals surface area contributed by atoms with Crippen molar-refractivity contribution in [2.24, 2.45) is 0 Å². The maximum absolute atomic E-state index is 12.0. The van der Waals surface area contributed by atoms with Crippen molar-refractivity contribution in [3.63, 3.8) is 0 Å². The quantitative estimate of drug-likeness (QED) is 0.807. The molecule has 0 spiro atoms. The lowest BCUT2D eigenvalue weighted by Gasteiger charge is -2.34. The van der Waals surface area contributed by atoms with Crippen molar-refractivity contribution in [1.82, 2.24) is 4.90 Å². The van der Waals surface area contributed by atoms with Gasteiger partial charge in [-0.3, -0.25) is 9.59 Å². The van der Waals surface area contributed by atoms with Crippen LogP contribution in [0, 0.1) is 0 Å². The number of benzene rings is 1. The molecule has 1 aliphatic heterocycles. The number of hydrogen-bond acceptors (Lipinski definition) is 5. The van der Waals surface area contributed by atoms with Gasteiger partial charge in [-0.1, -0.05) is 6.07 Å². The molecule has 25 heavy (non-hydrogen) atoms. The summed E-state index contributed by atoms with van der Waals surface area (Å²) in [6, 6.07) is 11.6. The zero-order valence-electron chi connectivity index (χ0n) is 14.4. The molecule has 1 saturated heterocycles. The van der Waals surface area contributed by atoms with E-state index >= 15 is 0 Å². The lowest BCUT2D eigenvalue weighted by atomic mass is 10.2. The van der Waals surface area contributed by atoms with Gasteiger partial charge in [-0.2, -0.15) is 0 Å². The van der Waals surface area contributed by atoms with E-state index in [2.05, 4.69) is 22.2 Å². The minimum atomic E-state index is -0.128. The van der Waals surface area contributed by atoms with Crippen molar-refractivity contribution in [2.75, 3.05) is 43.4 Å². The van der Waals surface area contributed by atoms with Gasteiger partial charge < -0.3 is 15.1 Å². The number of rotatable bonds is 6. The number of anilines is 2. The van der Waals surface area contributed by atoms with Crippen LogP contribution in [0.15, 0.2) is 41.8 Å². The van der Waals surface area contributed by atoms with E-state index in [-0.39, 0.29) is 24.5 Å². The average molecular weight is 357 g/mol. The summed E-state index contributed by atoms with van der Waals surface area (Å²) >= 11 is 1.41. The summed E-state index contributed by atoms with van der Waals surface area (Å²) in [4.78, 5) is 29.3. The zero-order valence-corrected chi connectivity index (χ0v) is 15.2. The summed E-state index contributed by atoms with van der Waals surface area (Å²) in [6.07, 6.45) is 0.447. The number of amides is 1. The number of hydrogen-bond donors (Lipinski definition) is 1. The van der Waals surface area contributed by atoms with Gasteiger partial charge in [0, 0.05) is 50.4 Å². The SMILES string of the molecule is CN1CCN(c2ccc(NC(=O)CCC(=O)c3cccs3)cc2)CC1. The standard InChI is InChI=1S/C19H23N3O2S/c1-21-10-12-22(13-11-21)16-6-4-15(5-7-16)20-19(24)9-8-17(23)18-3-2-14-25-18/h2-7,14H,8-13H2,1H3,(H,20,24). The average Bonchev–Trinajstić information content (AvgIpc) is 3.16. The third-order valence-electron chi connectivity index (χ3n) is 4.39. The lowest BCUT2D eigenvalue weighted by molar-refractivity contribution is -0.116. The Kier molecular flexibility index (Phi) is 5.83. The predicted octanol–water partition coefficient (Wildman–Crippen LogP) is 3.10. The molecule has 132 valence electrons. The summed E-state index contributed by atoms with van der Waals surface area (Å²) in [5, 5.41) is 4.74. The lowest BCUT2D eigenvalue weighted by Crippen LogP contribution is -2.44. The van der Waals surface area contributed by atoms with E-state index in [1.165, 1.54) is 17.0 Å². The molecular weight excluding hydrogens is 334 g/mol. The molecule has 0 radical (unpaired) electrons. The van der Waals surface area contributed by atoms with Crippen molar-refractivity contribution in [2.45, 2.75) is 12.8 Å². The van der Waals surface area contributed by atoms with Gasteiger partial charge in [-0.15, -0.1) is 11.3 Å². The van der Waals surface area contributed by atoms with Crippen LogP contribution in [-0.4, -0.2) is 49.8 Å². The van der Waals surface area contributed by atoms with E-state index in [0.29, 0.717) is 4.88 Å². The van der Waals surface area contributed by atoms with Gasteiger partial charge in [0.25, 0.3) is 0 Å². The second kappa shape index (κ2) is 8.27. The third kappa shape index (κ3) is 4.90. The highest BCUT2D eigenvalue weighted by Crippen LogP contribution is 2.20. The van der Waals surface area contributed by atoms with Gasteiger partial charge in [0.1, 0.15) is 0 Å². The molecule has 1 N–H and O–H groups in total. The van der Waals surface area contributed by atoms with Crippen LogP contribution in [0.5, 0.6) is 0 Å². The Balaban J connectivity index is 1.47. The van der Waals surface area contributed by atoms with Crippen molar-refractivity contribution >= 4 is 34.4 Å². The van der Waals surface area contributed by atoms with Crippen LogP contribution < -0.4 is 10.2 Å². The summed E-state index contributed by atoms with van der Waals surface area (Å²) in [5.41, 5.74) is 1.95. The van der Waals surface area contributed by atoms with E-state index in [1.807, 2.05) is 35.7 Å². The number of ketones is 1. The Morgan fingerprint density at radius 1 is 1.04 bits per heavy atom. The molecule has 2 heterocycles. The molecule has 5 nitrogen and oxygen atoms in total. The summed E-state index contributed by atoms with van der Waals surface area (Å²) in [5.74, 6) is -0.104. The number of carbonyl (C=O) groups excluding carboxylic acids is 2. The Bertz CT molecular complexity index is 705. The van der Waals surface area contributed by atoms with Gasteiger partial charge in [0.15, 0.2) is 5.78 Å². The molecule has 0 saturated carbocycles. The smallest absolute Gasteiger partial charge is 0.224 e. The summed E-state index contributed by atoms with van der Waals surface area (Å²) < 4.78 is 0. The number of Topliss-reactive ketones (excluding diaryl/α,β-unsaturated/α-hetero) is 1. The van der Waals surface area contributed by atoms with E-state index in [4.69, 9.17) is 0 Å². The van der Waals surface area contributed by atoms with E-state index in [1.54, 1.807) is 6.07 Å². The number of likely N-dealkylation sites (N-methyl/N-ethyl adjacent to an activating group) is 1. The highest BCUT2D eigenvalue weighted by molar-refractivity contribution is 7.12. The van der Waals surface area contributed by atoms with Gasteiger partial charge >= 0.3 is 0 Å². The molecule has 2 aromatic rings. The predicted molar refractivity (Wildman–Crippen MR) is 103 cm³/mol. The largest absolute Gasteiger partial charge is 0.369 e. The maximum Gasteiger partial charge on any atom is 0.224 e. The van der Waals surface area contributed by atoms with Gasteiger partial charge in [-0.05, 0) is 42.8 Å². The molecule has 1 amide bonds.